The minimum Gasteiger partial charge on any atom is -0.394 e. The van der Waals surface area contributed by atoms with Crippen molar-refractivity contribution in [3.05, 3.63) is 18.7 Å². The van der Waals surface area contributed by atoms with E-state index in [1.165, 1.54) is 0 Å². The first-order valence-electron chi connectivity index (χ1n) is 6.54. The molecule has 0 bridgehead atoms. The number of anilines is 1. The number of ether oxygens (including phenoxy) is 1. The third-order valence-corrected chi connectivity index (χ3v) is 3.83. The van der Waals surface area contributed by atoms with Crippen LogP contribution in [-0.2, 0) is 11.4 Å². The summed E-state index contributed by atoms with van der Waals surface area (Å²) in [5.41, 5.74) is 0.770. The zero-order valence-corrected chi connectivity index (χ0v) is 10.7. The van der Waals surface area contributed by atoms with Gasteiger partial charge in [-0.3, -0.25) is 4.57 Å². The molecule has 4 heterocycles. The van der Waals surface area contributed by atoms with Gasteiger partial charge in [0.05, 0.1) is 25.7 Å². The Morgan fingerprint density at radius 3 is 3.15 bits per heavy atom. The maximum Gasteiger partial charge on any atom is 0.163 e. The van der Waals surface area contributed by atoms with Crippen molar-refractivity contribution in [1.29, 1.82) is 0 Å². The van der Waals surface area contributed by atoms with Gasteiger partial charge in [-0.25, -0.2) is 9.97 Å². The van der Waals surface area contributed by atoms with Crippen LogP contribution in [0, 0.1) is 0 Å². The van der Waals surface area contributed by atoms with Crippen molar-refractivity contribution in [2.45, 2.75) is 31.5 Å². The van der Waals surface area contributed by atoms with E-state index in [0.29, 0.717) is 13.1 Å². The second-order valence-electron chi connectivity index (χ2n) is 5.02. The van der Waals surface area contributed by atoms with Gasteiger partial charge in [0.2, 0.25) is 0 Å². The minimum absolute atomic E-state index is 0.188. The van der Waals surface area contributed by atoms with E-state index < -0.39 is 12.2 Å². The number of aliphatic hydroxyl groups is 2. The molecule has 1 fully saturated rings. The van der Waals surface area contributed by atoms with Crippen molar-refractivity contribution in [2.75, 3.05) is 11.9 Å². The molecule has 4 rings (SSSR count). The number of fused-ring (bicyclic) bond motifs is 3. The van der Waals surface area contributed by atoms with Crippen molar-refractivity contribution in [3.8, 4) is 11.5 Å². The second-order valence-corrected chi connectivity index (χ2v) is 5.02. The summed E-state index contributed by atoms with van der Waals surface area (Å²) < 4.78 is 9.48. The van der Waals surface area contributed by atoms with Gasteiger partial charge < -0.3 is 24.8 Å². The Morgan fingerprint density at radius 2 is 2.35 bits per heavy atom. The van der Waals surface area contributed by atoms with E-state index in [2.05, 4.69) is 15.3 Å². The van der Waals surface area contributed by atoms with Crippen molar-refractivity contribution in [3.63, 3.8) is 0 Å². The van der Waals surface area contributed by atoms with Gasteiger partial charge in [0.1, 0.15) is 23.8 Å². The van der Waals surface area contributed by atoms with Crippen molar-refractivity contribution in [2.24, 2.45) is 0 Å². The molecule has 20 heavy (non-hydrogen) atoms. The fourth-order valence-corrected chi connectivity index (χ4v) is 2.78. The first kappa shape index (κ1) is 11.9. The highest BCUT2D eigenvalue weighted by molar-refractivity contribution is 5.69. The van der Waals surface area contributed by atoms with Gasteiger partial charge in [0.25, 0.3) is 0 Å². The van der Waals surface area contributed by atoms with Crippen LogP contribution in [0.4, 0.5) is 5.82 Å². The quantitative estimate of drug-likeness (QED) is 0.701. The average Bonchev–Trinajstić information content (AvgIpc) is 3.13. The van der Waals surface area contributed by atoms with E-state index in [-0.39, 0.29) is 12.8 Å². The van der Waals surface area contributed by atoms with Gasteiger partial charge in [0.15, 0.2) is 5.82 Å². The molecule has 3 atom stereocenters. The first-order valence-corrected chi connectivity index (χ1v) is 6.54. The van der Waals surface area contributed by atoms with Gasteiger partial charge in [-0.05, 0) is 0 Å². The molecule has 0 radical (unpaired) electrons. The number of imidazole rings is 2. The number of hydrogen-bond donors (Lipinski definition) is 3. The summed E-state index contributed by atoms with van der Waals surface area (Å²) in [5, 5.41) is 22.3. The van der Waals surface area contributed by atoms with Crippen LogP contribution in [0.1, 0.15) is 12.6 Å². The second kappa shape index (κ2) is 4.30. The van der Waals surface area contributed by atoms with Crippen LogP contribution in [0.3, 0.4) is 0 Å². The highest BCUT2D eigenvalue weighted by Gasteiger charge is 2.36. The standard InChI is InChI=1S/C12H15N5O3/c18-4-8-7(19)3-9(20-8)17-6-14-10-11-13-1-2-16(11)5-15-12(10)17/h1-2,6-9,15,18-19H,3-5H2/t7-,8+,9+/m0/s1. The lowest BCUT2D eigenvalue weighted by Crippen LogP contribution is -2.24. The Hall–Kier alpha value is -1.90. The Bertz CT molecular complexity index is 637. The Morgan fingerprint density at radius 1 is 1.45 bits per heavy atom. The number of hydrogen-bond acceptors (Lipinski definition) is 6. The summed E-state index contributed by atoms with van der Waals surface area (Å²) in [5.74, 6) is 1.65. The number of aliphatic hydroxyl groups excluding tert-OH is 2. The lowest BCUT2D eigenvalue weighted by molar-refractivity contribution is -0.0437. The average molecular weight is 277 g/mol. The molecule has 3 N–H and O–H groups in total. The molecular weight excluding hydrogens is 262 g/mol. The van der Waals surface area contributed by atoms with Gasteiger partial charge in [-0.2, -0.15) is 0 Å². The highest BCUT2D eigenvalue weighted by atomic mass is 16.5. The van der Waals surface area contributed by atoms with Crippen LogP contribution < -0.4 is 5.32 Å². The Kier molecular flexibility index (Phi) is 2.56. The van der Waals surface area contributed by atoms with E-state index in [4.69, 9.17) is 9.84 Å². The summed E-state index contributed by atoms with van der Waals surface area (Å²) in [7, 11) is 0. The summed E-state index contributed by atoms with van der Waals surface area (Å²) in [6.07, 6.45) is 4.22. The van der Waals surface area contributed by atoms with E-state index in [1.807, 2.05) is 15.3 Å². The molecule has 0 aliphatic carbocycles. The number of aromatic nitrogens is 4. The summed E-state index contributed by atoms with van der Waals surface area (Å²) in [6.45, 7) is 0.430. The molecule has 8 nitrogen and oxygen atoms in total. The molecule has 0 unspecified atom stereocenters. The molecule has 1 saturated heterocycles. The Labute approximate surface area is 114 Å². The summed E-state index contributed by atoms with van der Waals surface area (Å²) in [4.78, 5) is 8.68. The van der Waals surface area contributed by atoms with Crippen LogP contribution in [0.5, 0.6) is 0 Å². The molecule has 0 aromatic carbocycles. The molecule has 2 aromatic heterocycles. The van der Waals surface area contributed by atoms with Gasteiger partial charge in [0, 0.05) is 18.8 Å². The van der Waals surface area contributed by atoms with Gasteiger partial charge in [-0.15, -0.1) is 0 Å². The van der Waals surface area contributed by atoms with Crippen molar-refractivity contribution < 1.29 is 14.9 Å². The molecule has 8 heteroatoms. The largest absolute Gasteiger partial charge is 0.394 e. The fraction of sp³-hybridized carbons (Fsp3) is 0.500. The number of nitrogens with one attached hydrogen (secondary N) is 1. The smallest absolute Gasteiger partial charge is 0.163 e. The van der Waals surface area contributed by atoms with Gasteiger partial charge in [-0.1, -0.05) is 0 Å². The molecule has 106 valence electrons. The maximum absolute atomic E-state index is 9.83. The van der Waals surface area contributed by atoms with E-state index >= 15 is 0 Å². The van der Waals surface area contributed by atoms with E-state index in [9.17, 15) is 5.11 Å². The topological polar surface area (TPSA) is 97.4 Å². The molecule has 2 aliphatic rings. The third kappa shape index (κ3) is 1.59. The zero-order valence-electron chi connectivity index (χ0n) is 10.7. The predicted octanol–water partition coefficient (Wildman–Crippen LogP) is -0.230. The van der Waals surface area contributed by atoms with Crippen molar-refractivity contribution >= 4 is 5.82 Å². The summed E-state index contributed by atoms with van der Waals surface area (Å²) in [6, 6.07) is 0. The monoisotopic (exact) mass is 277 g/mol. The molecule has 0 amide bonds. The molecule has 0 saturated carbocycles. The third-order valence-electron chi connectivity index (χ3n) is 3.83. The summed E-state index contributed by atoms with van der Waals surface area (Å²) >= 11 is 0. The van der Waals surface area contributed by atoms with Crippen LogP contribution in [-0.4, -0.2) is 48.1 Å². The number of nitrogens with zero attached hydrogens (tertiary/aromatic N) is 4. The highest BCUT2D eigenvalue weighted by Crippen LogP contribution is 2.36. The fourth-order valence-electron chi connectivity index (χ4n) is 2.78. The normalized spacial score (nSPS) is 28.0. The van der Waals surface area contributed by atoms with Crippen LogP contribution >= 0.6 is 0 Å². The van der Waals surface area contributed by atoms with Crippen molar-refractivity contribution in [1.82, 2.24) is 19.1 Å². The first-order chi connectivity index (χ1) is 9.78. The van der Waals surface area contributed by atoms with E-state index in [1.54, 1.807) is 12.5 Å². The zero-order chi connectivity index (χ0) is 13.7. The van der Waals surface area contributed by atoms with E-state index in [0.717, 1.165) is 17.3 Å². The lowest BCUT2D eigenvalue weighted by Gasteiger charge is -2.21. The lowest BCUT2D eigenvalue weighted by atomic mass is 10.2. The predicted molar refractivity (Wildman–Crippen MR) is 68.7 cm³/mol. The molecule has 2 aromatic rings. The molecule has 2 aliphatic heterocycles. The minimum atomic E-state index is -0.659. The number of rotatable bonds is 2. The van der Waals surface area contributed by atoms with Crippen LogP contribution in [0.2, 0.25) is 0 Å². The van der Waals surface area contributed by atoms with Crippen LogP contribution in [0.25, 0.3) is 11.5 Å². The molecule has 0 spiro atoms. The van der Waals surface area contributed by atoms with Crippen LogP contribution in [0.15, 0.2) is 18.7 Å². The Balaban J connectivity index is 1.70. The molecular formula is C12H15N5O3. The maximum atomic E-state index is 9.83. The van der Waals surface area contributed by atoms with Gasteiger partial charge >= 0.3 is 0 Å². The SMILES string of the molecule is OC[C@H]1O[C@@H](n2cnc3c2NCn2ccnc2-3)C[C@@H]1O.